The molecule has 0 aliphatic carbocycles. The van der Waals surface area contributed by atoms with Crippen LogP contribution in [0.1, 0.15) is 19.4 Å². The summed E-state index contributed by atoms with van der Waals surface area (Å²) in [5.74, 6) is 0.867. The van der Waals surface area contributed by atoms with Crippen molar-refractivity contribution in [1.29, 1.82) is 0 Å². The van der Waals surface area contributed by atoms with Gasteiger partial charge in [-0.3, -0.25) is 0 Å². The number of ether oxygens (including phenoxy) is 1. The lowest BCUT2D eigenvalue weighted by Crippen LogP contribution is -2.32. The van der Waals surface area contributed by atoms with Crippen molar-refractivity contribution in [1.82, 2.24) is 15.5 Å². The molecule has 1 fully saturated rings. The zero-order valence-electron chi connectivity index (χ0n) is 12.5. The summed E-state index contributed by atoms with van der Waals surface area (Å²) < 4.78 is 6.89. The predicted octanol–water partition coefficient (Wildman–Crippen LogP) is 2.35. The van der Waals surface area contributed by atoms with E-state index in [1.807, 2.05) is 12.1 Å². The van der Waals surface area contributed by atoms with Crippen molar-refractivity contribution in [3.63, 3.8) is 0 Å². The fraction of sp³-hybridized carbons (Fsp3) is 0.533. The number of halogens is 1. The van der Waals surface area contributed by atoms with Gasteiger partial charge in [-0.2, -0.15) is 0 Å². The van der Waals surface area contributed by atoms with Crippen LogP contribution in [0.25, 0.3) is 0 Å². The second-order valence-corrected chi connectivity index (χ2v) is 6.27. The smallest absolute Gasteiger partial charge is 0.317 e. The summed E-state index contributed by atoms with van der Waals surface area (Å²) in [5, 5.41) is 6.18. The minimum atomic E-state index is -0.00361. The number of urea groups is 1. The largest absolute Gasteiger partial charge is 0.491 e. The maximum Gasteiger partial charge on any atom is 0.317 e. The van der Waals surface area contributed by atoms with Gasteiger partial charge in [-0.05, 0) is 18.2 Å². The van der Waals surface area contributed by atoms with E-state index in [-0.39, 0.29) is 6.03 Å². The Kier molecular flexibility index (Phi) is 5.87. The summed E-state index contributed by atoms with van der Waals surface area (Å²) in [6.45, 7) is 7.58. The van der Waals surface area contributed by atoms with Crippen LogP contribution >= 0.6 is 15.9 Å². The molecule has 1 saturated heterocycles. The van der Waals surface area contributed by atoms with Crippen LogP contribution in [0.5, 0.6) is 5.75 Å². The van der Waals surface area contributed by atoms with Crippen molar-refractivity contribution in [3.8, 4) is 5.75 Å². The third-order valence-corrected chi connectivity index (χ3v) is 3.78. The van der Waals surface area contributed by atoms with Crippen LogP contribution in [0.4, 0.5) is 4.79 Å². The number of nitrogens with zero attached hydrogens (tertiary/aromatic N) is 1. The number of rotatable bonds is 7. The zero-order valence-corrected chi connectivity index (χ0v) is 14.1. The van der Waals surface area contributed by atoms with E-state index in [1.54, 1.807) is 4.90 Å². The molecule has 1 aliphatic rings. The predicted molar refractivity (Wildman–Crippen MR) is 86.6 cm³/mol. The average molecular weight is 356 g/mol. The molecular weight excluding hydrogens is 334 g/mol. The van der Waals surface area contributed by atoms with Gasteiger partial charge in [0.2, 0.25) is 0 Å². The number of hydrogen-bond donors (Lipinski definition) is 2. The number of nitrogens with one attached hydrogen (secondary N) is 2. The summed E-state index contributed by atoms with van der Waals surface area (Å²) in [5.41, 5.74) is 1.11. The molecule has 0 unspecified atom stereocenters. The Morgan fingerprint density at radius 3 is 2.95 bits per heavy atom. The molecule has 2 amide bonds. The van der Waals surface area contributed by atoms with E-state index in [9.17, 15) is 4.79 Å². The Bertz CT molecular complexity index is 494. The van der Waals surface area contributed by atoms with Gasteiger partial charge in [-0.1, -0.05) is 29.8 Å². The molecule has 0 saturated carbocycles. The van der Waals surface area contributed by atoms with Crippen LogP contribution in [0.3, 0.4) is 0 Å². The third kappa shape index (κ3) is 4.89. The molecule has 0 spiro atoms. The number of carbonyl (C=O) groups excluding carboxylic acids is 1. The lowest BCUT2D eigenvalue weighted by atomic mass is 10.2. The highest BCUT2D eigenvalue weighted by atomic mass is 79.9. The van der Waals surface area contributed by atoms with Gasteiger partial charge in [-0.25, -0.2) is 4.79 Å². The van der Waals surface area contributed by atoms with Crippen molar-refractivity contribution in [2.45, 2.75) is 26.4 Å². The molecule has 116 valence electrons. The van der Waals surface area contributed by atoms with E-state index in [0.717, 1.165) is 35.4 Å². The summed E-state index contributed by atoms with van der Waals surface area (Å²) >= 11 is 3.49. The van der Waals surface area contributed by atoms with E-state index in [1.165, 1.54) is 0 Å². The Hall–Kier alpha value is -1.27. The van der Waals surface area contributed by atoms with Crippen molar-refractivity contribution in [3.05, 3.63) is 28.2 Å². The van der Waals surface area contributed by atoms with Gasteiger partial charge in [0.25, 0.3) is 0 Å². The molecule has 0 radical (unpaired) electrons. The molecule has 2 rings (SSSR count). The summed E-state index contributed by atoms with van der Waals surface area (Å²) in [7, 11) is 0. The average Bonchev–Trinajstić information content (AvgIpc) is 2.84. The standard InChI is InChI=1S/C15H22BrN3O2/c1-11(2)18-10-12-9-13(16)3-4-14(12)21-8-7-19-6-5-17-15(19)20/h3-4,9,11,18H,5-8,10H2,1-2H3,(H,17,20). The van der Waals surface area contributed by atoms with E-state index in [0.29, 0.717) is 19.2 Å². The fourth-order valence-electron chi connectivity index (χ4n) is 2.13. The Morgan fingerprint density at radius 1 is 1.48 bits per heavy atom. The third-order valence-electron chi connectivity index (χ3n) is 3.29. The highest BCUT2D eigenvalue weighted by molar-refractivity contribution is 9.10. The lowest BCUT2D eigenvalue weighted by molar-refractivity contribution is 0.202. The number of benzene rings is 1. The highest BCUT2D eigenvalue weighted by Crippen LogP contribution is 2.23. The van der Waals surface area contributed by atoms with Gasteiger partial charge in [0, 0.05) is 35.7 Å². The number of carbonyl (C=O) groups is 1. The fourth-order valence-corrected chi connectivity index (χ4v) is 2.54. The molecule has 0 bridgehead atoms. The van der Waals surface area contributed by atoms with Crippen molar-refractivity contribution < 1.29 is 9.53 Å². The van der Waals surface area contributed by atoms with Crippen LogP contribution in [0.2, 0.25) is 0 Å². The van der Waals surface area contributed by atoms with E-state index >= 15 is 0 Å². The molecule has 5 nitrogen and oxygen atoms in total. The quantitative estimate of drug-likeness (QED) is 0.789. The molecular formula is C15H22BrN3O2. The molecule has 1 aromatic rings. The Morgan fingerprint density at radius 2 is 2.29 bits per heavy atom. The molecule has 6 heteroatoms. The SMILES string of the molecule is CC(C)NCc1cc(Br)ccc1OCCN1CCNC1=O. The van der Waals surface area contributed by atoms with Gasteiger partial charge < -0.3 is 20.3 Å². The molecule has 21 heavy (non-hydrogen) atoms. The lowest BCUT2D eigenvalue weighted by Gasteiger charge is -2.17. The van der Waals surface area contributed by atoms with E-state index < -0.39 is 0 Å². The zero-order chi connectivity index (χ0) is 15.2. The van der Waals surface area contributed by atoms with Gasteiger partial charge in [0.05, 0.1) is 6.54 Å². The first-order valence-corrected chi connectivity index (χ1v) is 8.03. The van der Waals surface area contributed by atoms with E-state index in [4.69, 9.17) is 4.74 Å². The maximum absolute atomic E-state index is 11.4. The normalized spacial score (nSPS) is 14.7. The summed E-state index contributed by atoms with van der Waals surface area (Å²) in [6, 6.07) is 6.41. The first-order chi connectivity index (χ1) is 10.1. The van der Waals surface area contributed by atoms with Gasteiger partial charge >= 0.3 is 6.03 Å². The first-order valence-electron chi connectivity index (χ1n) is 7.23. The van der Waals surface area contributed by atoms with Crippen LogP contribution < -0.4 is 15.4 Å². The Balaban J connectivity index is 1.90. The van der Waals surface area contributed by atoms with E-state index in [2.05, 4.69) is 46.5 Å². The van der Waals surface area contributed by atoms with Crippen molar-refractivity contribution in [2.75, 3.05) is 26.2 Å². The molecule has 1 heterocycles. The second kappa shape index (κ2) is 7.66. The van der Waals surface area contributed by atoms with Crippen LogP contribution in [0, 0.1) is 0 Å². The molecule has 1 aliphatic heterocycles. The van der Waals surface area contributed by atoms with Crippen molar-refractivity contribution >= 4 is 22.0 Å². The monoisotopic (exact) mass is 355 g/mol. The van der Waals surface area contributed by atoms with Gasteiger partial charge in [0.1, 0.15) is 12.4 Å². The minimum Gasteiger partial charge on any atom is -0.491 e. The van der Waals surface area contributed by atoms with Crippen LogP contribution in [-0.4, -0.2) is 43.2 Å². The van der Waals surface area contributed by atoms with Crippen LogP contribution in [-0.2, 0) is 6.54 Å². The Labute approximate surface area is 134 Å². The molecule has 1 aromatic carbocycles. The minimum absolute atomic E-state index is 0.00361. The topological polar surface area (TPSA) is 53.6 Å². The highest BCUT2D eigenvalue weighted by Gasteiger charge is 2.18. The van der Waals surface area contributed by atoms with Gasteiger partial charge in [0.15, 0.2) is 0 Å². The van der Waals surface area contributed by atoms with Crippen LogP contribution in [0.15, 0.2) is 22.7 Å². The molecule has 0 atom stereocenters. The molecule has 2 N–H and O–H groups in total. The molecule has 0 aromatic heterocycles. The van der Waals surface area contributed by atoms with Gasteiger partial charge in [-0.15, -0.1) is 0 Å². The number of hydrogen-bond acceptors (Lipinski definition) is 3. The summed E-state index contributed by atoms with van der Waals surface area (Å²) in [6.07, 6.45) is 0. The maximum atomic E-state index is 11.4. The summed E-state index contributed by atoms with van der Waals surface area (Å²) in [4.78, 5) is 13.2. The first kappa shape index (κ1) is 16.1. The second-order valence-electron chi connectivity index (χ2n) is 5.36. The van der Waals surface area contributed by atoms with Crippen molar-refractivity contribution in [2.24, 2.45) is 0 Å². The number of amides is 2.